The fourth-order valence-corrected chi connectivity index (χ4v) is 3.95. The third kappa shape index (κ3) is 3.90. The molecule has 2 heterocycles. The Labute approximate surface area is 189 Å². The fraction of sp³-hybridized carbons (Fsp3) is 0.125. The van der Waals surface area contributed by atoms with Crippen LogP contribution in [0.1, 0.15) is 22.7 Å². The Bertz CT molecular complexity index is 1230. The first-order valence-corrected chi connectivity index (χ1v) is 10.1. The van der Waals surface area contributed by atoms with Crippen LogP contribution in [0.5, 0.6) is 11.5 Å². The van der Waals surface area contributed by atoms with Gasteiger partial charge in [-0.15, -0.1) is 0 Å². The molecule has 0 saturated carbocycles. The number of amides is 1. The van der Waals surface area contributed by atoms with E-state index in [9.17, 15) is 19.8 Å². The molecule has 162 valence electrons. The maximum atomic E-state index is 13.1. The third-order valence-electron chi connectivity index (χ3n) is 5.24. The molecule has 2 aromatic carbocycles. The predicted molar refractivity (Wildman–Crippen MR) is 118 cm³/mol. The SMILES string of the molecule is COc1ccc(Cl)cc1/C(O)=C1\C(=O)C(=O)N(Cc2ccncc2)C1c1cccc(O)c1. The van der Waals surface area contributed by atoms with Crippen LogP contribution in [0.4, 0.5) is 0 Å². The van der Waals surface area contributed by atoms with Gasteiger partial charge in [-0.1, -0.05) is 23.7 Å². The molecule has 1 saturated heterocycles. The van der Waals surface area contributed by atoms with E-state index in [2.05, 4.69) is 4.98 Å². The van der Waals surface area contributed by atoms with Gasteiger partial charge < -0.3 is 19.8 Å². The van der Waals surface area contributed by atoms with E-state index in [1.807, 2.05) is 0 Å². The average Bonchev–Trinajstić information content (AvgIpc) is 3.04. The summed E-state index contributed by atoms with van der Waals surface area (Å²) >= 11 is 6.11. The summed E-state index contributed by atoms with van der Waals surface area (Å²) in [5.41, 5.74) is 1.30. The molecule has 0 aliphatic carbocycles. The molecule has 1 aliphatic rings. The van der Waals surface area contributed by atoms with Crippen molar-refractivity contribution < 1.29 is 24.5 Å². The zero-order valence-electron chi connectivity index (χ0n) is 17.0. The number of pyridine rings is 1. The molecular formula is C24H19ClN2O5. The lowest BCUT2D eigenvalue weighted by atomic mass is 9.94. The number of carbonyl (C=O) groups excluding carboxylic acids is 2. The first-order valence-electron chi connectivity index (χ1n) is 9.71. The summed E-state index contributed by atoms with van der Waals surface area (Å²) in [6, 6.07) is 13.4. The van der Waals surface area contributed by atoms with Gasteiger partial charge in [-0.25, -0.2) is 0 Å². The molecule has 1 aliphatic heterocycles. The molecule has 2 N–H and O–H groups in total. The number of rotatable bonds is 5. The average molecular weight is 451 g/mol. The van der Waals surface area contributed by atoms with Crippen molar-refractivity contribution in [2.75, 3.05) is 7.11 Å². The Kier molecular flexibility index (Phi) is 5.83. The van der Waals surface area contributed by atoms with Crippen molar-refractivity contribution in [1.82, 2.24) is 9.88 Å². The first kappa shape index (κ1) is 21.4. The van der Waals surface area contributed by atoms with Crippen molar-refractivity contribution in [1.29, 1.82) is 0 Å². The normalized spacial score (nSPS) is 17.6. The summed E-state index contributed by atoms with van der Waals surface area (Å²) in [4.78, 5) is 31.5. The van der Waals surface area contributed by atoms with Gasteiger partial charge in [0.1, 0.15) is 17.3 Å². The molecule has 4 rings (SSSR count). The molecule has 3 aromatic rings. The monoisotopic (exact) mass is 450 g/mol. The molecule has 8 heteroatoms. The van der Waals surface area contributed by atoms with Gasteiger partial charge in [0.25, 0.3) is 11.7 Å². The Balaban J connectivity index is 1.92. The van der Waals surface area contributed by atoms with E-state index in [0.29, 0.717) is 16.3 Å². The van der Waals surface area contributed by atoms with Gasteiger partial charge in [-0.05, 0) is 53.6 Å². The number of ketones is 1. The van der Waals surface area contributed by atoms with Crippen LogP contribution in [0, 0.1) is 0 Å². The molecule has 1 fully saturated rings. The lowest BCUT2D eigenvalue weighted by Crippen LogP contribution is -2.29. The van der Waals surface area contributed by atoms with E-state index in [-0.39, 0.29) is 23.4 Å². The number of Topliss-reactive ketones (excluding diaryl/α,β-unsaturated/α-hetero) is 1. The van der Waals surface area contributed by atoms with Gasteiger partial charge in [-0.2, -0.15) is 0 Å². The minimum atomic E-state index is -0.932. The van der Waals surface area contributed by atoms with Crippen molar-refractivity contribution in [3.05, 3.63) is 94.3 Å². The van der Waals surface area contributed by atoms with E-state index in [4.69, 9.17) is 16.3 Å². The molecule has 1 amide bonds. The molecule has 1 aromatic heterocycles. The number of halogens is 1. The lowest BCUT2D eigenvalue weighted by Gasteiger charge is -2.25. The van der Waals surface area contributed by atoms with Crippen LogP contribution in [-0.4, -0.2) is 38.9 Å². The van der Waals surface area contributed by atoms with Crippen LogP contribution in [-0.2, 0) is 16.1 Å². The van der Waals surface area contributed by atoms with Crippen LogP contribution in [0.15, 0.2) is 72.6 Å². The molecule has 7 nitrogen and oxygen atoms in total. The van der Waals surface area contributed by atoms with E-state index in [1.165, 1.54) is 30.2 Å². The van der Waals surface area contributed by atoms with Crippen molar-refractivity contribution in [2.24, 2.45) is 0 Å². The van der Waals surface area contributed by atoms with Gasteiger partial charge in [0.2, 0.25) is 0 Å². The minimum absolute atomic E-state index is 0.0302. The molecule has 0 bridgehead atoms. The smallest absolute Gasteiger partial charge is 0.295 e. The predicted octanol–water partition coefficient (Wildman–Crippen LogP) is 4.07. The number of phenolic OH excluding ortho intramolecular Hbond substituents is 1. The summed E-state index contributed by atoms with van der Waals surface area (Å²) in [6.07, 6.45) is 3.18. The van der Waals surface area contributed by atoms with Crippen LogP contribution in [0.2, 0.25) is 5.02 Å². The quantitative estimate of drug-likeness (QED) is 0.345. The van der Waals surface area contributed by atoms with Gasteiger partial charge in [0, 0.05) is 24.0 Å². The Morgan fingerprint density at radius 1 is 1.12 bits per heavy atom. The topological polar surface area (TPSA) is 100.0 Å². The Morgan fingerprint density at radius 3 is 2.56 bits per heavy atom. The number of ether oxygens (including phenoxy) is 1. The maximum Gasteiger partial charge on any atom is 0.295 e. The summed E-state index contributed by atoms with van der Waals surface area (Å²) in [7, 11) is 1.43. The summed E-state index contributed by atoms with van der Waals surface area (Å²) in [5, 5.41) is 21.6. The van der Waals surface area contributed by atoms with Crippen LogP contribution in [0.25, 0.3) is 5.76 Å². The number of aromatic nitrogens is 1. The zero-order valence-corrected chi connectivity index (χ0v) is 17.8. The summed E-state index contributed by atoms with van der Waals surface area (Å²) in [6.45, 7) is 0.108. The number of hydrogen-bond acceptors (Lipinski definition) is 6. The van der Waals surface area contributed by atoms with Gasteiger partial charge in [0.05, 0.1) is 24.3 Å². The van der Waals surface area contributed by atoms with E-state index < -0.39 is 23.5 Å². The van der Waals surface area contributed by atoms with Gasteiger partial charge in [0.15, 0.2) is 0 Å². The van der Waals surface area contributed by atoms with Crippen molar-refractivity contribution >= 4 is 29.1 Å². The van der Waals surface area contributed by atoms with Gasteiger partial charge >= 0.3 is 0 Å². The minimum Gasteiger partial charge on any atom is -0.508 e. The number of aliphatic hydroxyl groups is 1. The second-order valence-electron chi connectivity index (χ2n) is 7.22. The van der Waals surface area contributed by atoms with E-state index in [1.54, 1.807) is 48.8 Å². The standard InChI is InChI=1S/C24H19ClN2O5/c1-32-19-6-5-16(25)12-18(19)22(29)20-21(15-3-2-4-17(28)11-15)27(24(31)23(20)30)13-14-7-9-26-10-8-14/h2-12,21,28-29H,13H2,1H3/b22-20+. The molecule has 32 heavy (non-hydrogen) atoms. The zero-order chi connectivity index (χ0) is 22.8. The highest BCUT2D eigenvalue weighted by molar-refractivity contribution is 6.46. The summed E-state index contributed by atoms with van der Waals surface area (Å²) in [5.74, 6) is -1.75. The van der Waals surface area contributed by atoms with Crippen LogP contribution in [0.3, 0.4) is 0 Å². The number of aromatic hydroxyl groups is 1. The summed E-state index contributed by atoms with van der Waals surface area (Å²) < 4.78 is 5.32. The lowest BCUT2D eigenvalue weighted by molar-refractivity contribution is -0.140. The van der Waals surface area contributed by atoms with Crippen molar-refractivity contribution in [3.63, 3.8) is 0 Å². The molecule has 0 spiro atoms. The highest BCUT2D eigenvalue weighted by atomic mass is 35.5. The van der Waals surface area contributed by atoms with Gasteiger partial charge in [-0.3, -0.25) is 14.6 Å². The first-order chi connectivity index (χ1) is 15.4. The largest absolute Gasteiger partial charge is 0.508 e. The molecular weight excluding hydrogens is 432 g/mol. The van der Waals surface area contributed by atoms with Crippen molar-refractivity contribution in [3.8, 4) is 11.5 Å². The number of phenols is 1. The second kappa shape index (κ2) is 8.72. The number of likely N-dealkylation sites (tertiary alicyclic amines) is 1. The number of nitrogens with zero attached hydrogens (tertiary/aromatic N) is 2. The van der Waals surface area contributed by atoms with Crippen LogP contribution >= 0.6 is 11.6 Å². The number of methoxy groups -OCH3 is 1. The van der Waals surface area contributed by atoms with Crippen molar-refractivity contribution in [2.45, 2.75) is 12.6 Å². The van der Waals surface area contributed by atoms with E-state index >= 15 is 0 Å². The van der Waals surface area contributed by atoms with E-state index in [0.717, 1.165) is 5.56 Å². The molecule has 1 unspecified atom stereocenters. The number of aliphatic hydroxyl groups excluding tert-OH is 1. The third-order valence-corrected chi connectivity index (χ3v) is 5.48. The number of hydrogen-bond donors (Lipinski definition) is 2. The maximum absolute atomic E-state index is 13.1. The Morgan fingerprint density at radius 2 is 1.88 bits per heavy atom. The number of carbonyl (C=O) groups is 2. The highest BCUT2D eigenvalue weighted by Crippen LogP contribution is 2.42. The van der Waals surface area contributed by atoms with Crippen LogP contribution < -0.4 is 4.74 Å². The fourth-order valence-electron chi connectivity index (χ4n) is 3.78. The highest BCUT2D eigenvalue weighted by Gasteiger charge is 2.46. The number of benzene rings is 2. The molecule has 1 atom stereocenters. The second-order valence-corrected chi connectivity index (χ2v) is 7.66. The Hall–Kier alpha value is -3.84. The molecule has 0 radical (unpaired) electrons.